The second-order valence-corrected chi connectivity index (χ2v) is 25.7. The minimum atomic E-state index is -0.687. The summed E-state index contributed by atoms with van der Waals surface area (Å²) in [4.78, 5) is 70.9. The van der Waals surface area contributed by atoms with Crippen LogP contribution < -0.4 is 0 Å². The maximum atomic E-state index is 12.4. The van der Waals surface area contributed by atoms with Crippen molar-refractivity contribution in [2.75, 3.05) is 6.61 Å². The van der Waals surface area contributed by atoms with Crippen LogP contribution in [0, 0.1) is 57.2 Å². The fraction of sp³-hybridized carbons (Fsp3) is 0.893. The van der Waals surface area contributed by atoms with Gasteiger partial charge < -0.3 is 38.3 Å². The summed E-state index contributed by atoms with van der Waals surface area (Å²) in [5, 5.41) is 10.6. The van der Waals surface area contributed by atoms with Crippen molar-refractivity contribution in [1.29, 1.82) is 0 Å². The highest BCUT2D eigenvalue weighted by Crippen LogP contribution is 2.59. The molecule has 10 atom stereocenters. The molecule has 0 amide bonds. The van der Waals surface area contributed by atoms with Gasteiger partial charge in [0, 0.05) is 18.8 Å². The molecule has 9 rings (SSSR count). The van der Waals surface area contributed by atoms with Crippen molar-refractivity contribution in [3.8, 4) is 0 Å². The van der Waals surface area contributed by atoms with Gasteiger partial charge in [-0.3, -0.25) is 24.0 Å². The summed E-state index contributed by atoms with van der Waals surface area (Å²) in [6.07, 6.45) is 11.6. The molecule has 0 radical (unpaired) electrons. The molecule has 0 aromatic heterocycles. The predicted molar refractivity (Wildman–Crippen MR) is 263 cm³/mol. The lowest BCUT2D eigenvalue weighted by atomic mass is 9.52. The first-order valence-electron chi connectivity index (χ1n) is 26.9. The molecule has 0 aromatic carbocycles. The molecule has 9 fully saturated rings. The monoisotopic (exact) mass is 989 g/mol. The summed E-state index contributed by atoms with van der Waals surface area (Å²) in [7, 11) is 0. The SMILES string of the molecule is CCC(C)(C)C(=O)OC(C)(C)C1CCCC1C(C)C.CCC(C)(C)C(=O)OC12CC3CC(CC(O)(C3)C1)C2.CCC(C)(C)C(=O)OC1C2CC3C(=O)OC1C3O2.CCC(C)(C)C(=O)OC1CCOC1=O. The normalized spacial score (nSPS) is 33.7. The van der Waals surface area contributed by atoms with E-state index in [2.05, 4.69) is 27.7 Å². The maximum Gasteiger partial charge on any atom is 0.347 e. The van der Waals surface area contributed by atoms with E-state index in [0.717, 1.165) is 38.5 Å². The molecular formula is C56H92O14. The number of hydrogen-bond acceptors (Lipinski definition) is 14. The molecule has 1 N–H and O–H groups in total. The molecule has 400 valence electrons. The smallest absolute Gasteiger partial charge is 0.347 e. The molecule has 14 nitrogen and oxygen atoms in total. The quantitative estimate of drug-likeness (QED) is 0.128. The van der Waals surface area contributed by atoms with Crippen molar-refractivity contribution in [2.24, 2.45) is 57.2 Å². The van der Waals surface area contributed by atoms with Gasteiger partial charge in [-0.1, -0.05) is 48.0 Å². The third kappa shape index (κ3) is 12.9. The fourth-order valence-corrected chi connectivity index (χ4v) is 11.8. The van der Waals surface area contributed by atoms with Crippen molar-refractivity contribution in [1.82, 2.24) is 0 Å². The minimum absolute atomic E-state index is 0.0468. The Hall–Kier alpha value is -3.26. The summed E-state index contributed by atoms with van der Waals surface area (Å²) in [5.41, 5.74) is -3.07. The Bertz CT molecular complexity index is 1880. The third-order valence-corrected chi connectivity index (χ3v) is 17.9. The first kappa shape index (κ1) is 57.6. The third-order valence-electron chi connectivity index (χ3n) is 17.9. The lowest BCUT2D eigenvalue weighted by molar-refractivity contribution is -0.225. The molecule has 14 heteroatoms. The lowest BCUT2D eigenvalue weighted by Crippen LogP contribution is -2.61. The number of rotatable bonds is 14. The molecule has 10 unspecified atom stereocenters. The maximum absolute atomic E-state index is 12.4. The van der Waals surface area contributed by atoms with Crippen LogP contribution >= 0.6 is 0 Å². The average molecular weight is 989 g/mol. The van der Waals surface area contributed by atoms with E-state index in [1.165, 1.54) is 25.7 Å². The van der Waals surface area contributed by atoms with E-state index < -0.39 is 46.1 Å². The van der Waals surface area contributed by atoms with Crippen LogP contribution in [-0.4, -0.2) is 94.9 Å². The zero-order valence-electron chi connectivity index (χ0n) is 45.9. The van der Waals surface area contributed by atoms with Crippen molar-refractivity contribution in [2.45, 2.75) is 254 Å². The van der Waals surface area contributed by atoms with E-state index in [0.29, 0.717) is 68.3 Å². The zero-order chi connectivity index (χ0) is 52.6. The van der Waals surface area contributed by atoms with Crippen LogP contribution in [0.2, 0.25) is 0 Å². The molecule has 0 aromatic rings. The summed E-state index contributed by atoms with van der Waals surface area (Å²) in [6, 6.07) is 0. The molecule has 4 saturated heterocycles. The van der Waals surface area contributed by atoms with Crippen LogP contribution in [0.25, 0.3) is 0 Å². The average Bonchev–Trinajstić information content (AvgIpc) is 4.11. The van der Waals surface area contributed by atoms with Crippen LogP contribution in [0.3, 0.4) is 0 Å². The van der Waals surface area contributed by atoms with E-state index in [9.17, 15) is 33.9 Å². The van der Waals surface area contributed by atoms with Crippen LogP contribution in [0.1, 0.15) is 207 Å². The Morgan fingerprint density at radius 1 is 0.671 bits per heavy atom. The van der Waals surface area contributed by atoms with Gasteiger partial charge >= 0.3 is 35.8 Å². The van der Waals surface area contributed by atoms with E-state index in [-0.39, 0.29) is 64.6 Å². The van der Waals surface area contributed by atoms with Gasteiger partial charge in [-0.15, -0.1) is 0 Å². The Labute approximate surface area is 419 Å². The van der Waals surface area contributed by atoms with E-state index in [4.69, 9.17) is 33.2 Å². The van der Waals surface area contributed by atoms with Crippen LogP contribution in [-0.2, 0) is 61.9 Å². The molecule has 4 aliphatic heterocycles. The van der Waals surface area contributed by atoms with Gasteiger partial charge in [0.1, 0.15) is 17.3 Å². The number of cyclic esters (lactones) is 1. The van der Waals surface area contributed by atoms with E-state index in [1.807, 2.05) is 69.2 Å². The summed E-state index contributed by atoms with van der Waals surface area (Å²) >= 11 is 0. The first-order valence-corrected chi connectivity index (χ1v) is 26.9. The Kier molecular flexibility index (Phi) is 17.8. The van der Waals surface area contributed by atoms with Gasteiger partial charge in [0.25, 0.3) is 0 Å². The van der Waals surface area contributed by atoms with Crippen LogP contribution in [0.15, 0.2) is 0 Å². The number of hydrogen-bond donors (Lipinski definition) is 1. The van der Waals surface area contributed by atoms with Crippen LogP contribution in [0.4, 0.5) is 0 Å². The van der Waals surface area contributed by atoms with E-state index >= 15 is 0 Å². The highest BCUT2D eigenvalue weighted by Gasteiger charge is 2.65. The number of fused-ring (bicyclic) bond motifs is 1. The Balaban J connectivity index is 0.000000175. The molecule has 70 heavy (non-hydrogen) atoms. The number of aliphatic hydroxyl groups is 1. The second-order valence-electron chi connectivity index (χ2n) is 25.7. The highest BCUT2D eigenvalue weighted by molar-refractivity contribution is 5.83. The molecule has 5 aliphatic carbocycles. The summed E-state index contributed by atoms with van der Waals surface area (Å²) in [6.45, 7) is 32.2. The molecule has 5 saturated carbocycles. The minimum Gasteiger partial charge on any atom is -0.463 e. The van der Waals surface area contributed by atoms with Crippen molar-refractivity contribution < 1.29 is 67.0 Å². The van der Waals surface area contributed by atoms with E-state index in [1.54, 1.807) is 13.8 Å². The predicted octanol–water partition coefficient (Wildman–Crippen LogP) is 10.2. The zero-order valence-corrected chi connectivity index (χ0v) is 45.9. The van der Waals surface area contributed by atoms with Crippen molar-refractivity contribution >= 4 is 35.8 Å². The molecule has 9 aliphatic rings. The van der Waals surface area contributed by atoms with Gasteiger partial charge in [-0.05, 0) is 170 Å². The number of esters is 6. The largest absolute Gasteiger partial charge is 0.463 e. The summed E-state index contributed by atoms with van der Waals surface area (Å²) < 4.78 is 38.1. The highest BCUT2D eigenvalue weighted by atomic mass is 16.7. The van der Waals surface area contributed by atoms with Gasteiger partial charge in [0.05, 0.1) is 45.9 Å². The molecule has 6 bridgehead atoms. The van der Waals surface area contributed by atoms with Crippen molar-refractivity contribution in [3.63, 3.8) is 0 Å². The number of carbonyl (C=O) groups is 6. The summed E-state index contributed by atoms with van der Waals surface area (Å²) in [5.74, 6) is 1.50. The van der Waals surface area contributed by atoms with Gasteiger partial charge in [0.15, 0.2) is 12.2 Å². The second kappa shape index (κ2) is 21.7. The van der Waals surface area contributed by atoms with Crippen molar-refractivity contribution in [3.05, 3.63) is 0 Å². The van der Waals surface area contributed by atoms with Gasteiger partial charge in [-0.2, -0.15) is 0 Å². The lowest BCUT2D eigenvalue weighted by Gasteiger charge is -2.59. The molecular weight excluding hydrogens is 897 g/mol. The Morgan fingerprint density at radius 3 is 1.70 bits per heavy atom. The number of ether oxygens (including phenoxy) is 7. The van der Waals surface area contributed by atoms with Crippen LogP contribution in [0.5, 0.6) is 0 Å². The topological polar surface area (TPSA) is 187 Å². The standard InChI is InChI=1S/C17H32O2.C16H26O3.C13H18O5.C10H16O4/c1-8-16(4,5)15(18)19-17(6,7)14-11-9-10-13(14)12(2)3;1-4-14(2,3)13(17)19-16-8-11-5-12(9-16)7-15(18,6-11)10-16;1-4-13(2,3)12(15)18-9-7-5-6-8(16-7)10(9)17-11(6)14;1-4-10(2,3)9(12)14-7-5-6-13-8(7)11/h12-14H,8-11H2,1-7H3;11-12,18H,4-10H2,1-3H3;6-10H,4-5H2,1-3H3;7H,4-6H2,1-3H3. The number of carbonyl (C=O) groups excluding carboxylic acids is 6. The fourth-order valence-electron chi connectivity index (χ4n) is 11.8. The molecule has 4 heterocycles. The van der Waals surface area contributed by atoms with Gasteiger partial charge in [0.2, 0.25) is 6.10 Å². The van der Waals surface area contributed by atoms with Gasteiger partial charge in [-0.25, -0.2) is 4.79 Å². The first-order chi connectivity index (χ1) is 32.3. The Morgan fingerprint density at radius 2 is 1.20 bits per heavy atom. The molecule has 0 spiro atoms.